The van der Waals surface area contributed by atoms with Gasteiger partial charge in [0.25, 0.3) is 0 Å². The van der Waals surface area contributed by atoms with Crippen molar-refractivity contribution in [1.29, 1.82) is 0 Å². The van der Waals surface area contributed by atoms with Crippen LogP contribution in [0.25, 0.3) is 0 Å². The van der Waals surface area contributed by atoms with Crippen molar-refractivity contribution in [2.45, 2.75) is 10.2 Å². The van der Waals surface area contributed by atoms with Crippen LogP contribution in [0.1, 0.15) is 10.4 Å². The highest BCUT2D eigenvalue weighted by atomic mass is 32.2. The van der Waals surface area contributed by atoms with Gasteiger partial charge in [-0.15, -0.1) is 0 Å². The molecule has 0 radical (unpaired) electrons. The van der Waals surface area contributed by atoms with Crippen molar-refractivity contribution in [1.82, 2.24) is 20.2 Å². The average Bonchev–Trinajstić information content (AvgIpc) is 2.73. The second-order valence-electron chi connectivity index (χ2n) is 2.68. The standard InChI is InChI=1S/C8H5FN4O2S/c9-5-4(7(14)15)1-2-10-6(5)16-8-11-3-12-13-8/h1-3H,(H,14,15)(H,11,12,13). The van der Waals surface area contributed by atoms with Gasteiger partial charge in [0.1, 0.15) is 11.4 Å². The number of aromatic carboxylic acids is 1. The number of rotatable bonds is 3. The van der Waals surface area contributed by atoms with E-state index in [0.717, 1.165) is 17.8 Å². The fraction of sp³-hybridized carbons (Fsp3) is 0. The van der Waals surface area contributed by atoms with Crippen LogP contribution in [0.4, 0.5) is 4.39 Å². The molecule has 16 heavy (non-hydrogen) atoms. The molecular formula is C8H5FN4O2S. The summed E-state index contributed by atoms with van der Waals surface area (Å²) in [5.41, 5.74) is -0.419. The number of carboxylic acids is 1. The van der Waals surface area contributed by atoms with Gasteiger partial charge in [-0.25, -0.2) is 19.2 Å². The molecule has 0 unspecified atom stereocenters. The molecule has 82 valence electrons. The van der Waals surface area contributed by atoms with E-state index in [9.17, 15) is 9.18 Å². The Bertz CT molecular complexity index is 517. The monoisotopic (exact) mass is 240 g/mol. The molecule has 6 nitrogen and oxygen atoms in total. The maximum absolute atomic E-state index is 13.6. The molecule has 0 atom stereocenters. The highest BCUT2D eigenvalue weighted by molar-refractivity contribution is 7.99. The predicted molar refractivity (Wildman–Crippen MR) is 51.7 cm³/mol. The molecule has 0 aliphatic rings. The highest BCUT2D eigenvalue weighted by Crippen LogP contribution is 2.25. The van der Waals surface area contributed by atoms with Crippen molar-refractivity contribution >= 4 is 17.7 Å². The van der Waals surface area contributed by atoms with Crippen molar-refractivity contribution < 1.29 is 14.3 Å². The van der Waals surface area contributed by atoms with Gasteiger partial charge in [0.05, 0.1) is 5.56 Å². The number of aromatic nitrogens is 4. The molecule has 8 heteroatoms. The quantitative estimate of drug-likeness (QED) is 0.837. The molecular weight excluding hydrogens is 235 g/mol. The Balaban J connectivity index is 2.35. The predicted octanol–water partition coefficient (Wildman–Crippen LogP) is 1.19. The van der Waals surface area contributed by atoms with Crippen LogP contribution in [-0.4, -0.2) is 31.2 Å². The van der Waals surface area contributed by atoms with Crippen molar-refractivity contribution in [3.05, 3.63) is 30.0 Å². The lowest BCUT2D eigenvalue weighted by Gasteiger charge is -2.01. The van der Waals surface area contributed by atoms with Gasteiger partial charge in [-0.2, -0.15) is 5.10 Å². The normalized spacial score (nSPS) is 10.3. The smallest absolute Gasteiger partial charge is 0.338 e. The number of pyridine rings is 1. The Morgan fingerprint density at radius 3 is 2.94 bits per heavy atom. The third-order valence-corrected chi connectivity index (χ3v) is 2.54. The van der Waals surface area contributed by atoms with Crippen LogP contribution in [0.5, 0.6) is 0 Å². The Labute approximate surface area is 92.9 Å². The van der Waals surface area contributed by atoms with E-state index in [0.29, 0.717) is 5.16 Å². The number of hydrogen-bond donors (Lipinski definition) is 2. The minimum atomic E-state index is -1.33. The van der Waals surface area contributed by atoms with Gasteiger partial charge in [-0.05, 0) is 17.8 Å². The van der Waals surface area contributed by atoms with Crippen molar-refractivity contribution in [3.8, 4) is 0 Å². The van der Waals surface area contributed by atoms with E-state index in [2.05, 4.69) is 20.2 Å². The van der Waals surface area contributed by atoms with E-state index in [4.69, 9.17) is 5.11 Å². The fourth-order valence-corrected chi connectivity index (χ4v) is 1.69. The SMILES string of the molecule is O=C(O)c1ccnc(Sc2ncn[nH]2)c1F. The molecule has 0 aromatic carbocycles. The van der Waals surface area contributed by atoms with Crippen LogP contribution in [-0.2, 0) is 0 Å². The van der Waals surface area contributed by atoms with E-state index >= 15 is 0 Å². The largest absolute Gasteiger partial charge is 0.478 e. The average molecular weight is 240 g/mol. The van der Waals surface area contributed by atoms with Gasteiger partial charge < -0.3 is 5.11 Å². The number of aromatic amines is 1. The maximum atomic E-state index is 13.6. The molecule has 2 heterocycles. The summed E-state index contributed by atoms with van der Waals surface area (Å²) in [6.07, 6.45) is 2.49. The lowest BCUT2D eigenvalue weighted by Crippen LogP contribution is -2.02. The Hall–Kier alpha value is -1.96. The minimum Gasteiger partial charge on any atom is -0.478 e. The summed E-state index contributed by atoms with van der Waals surface area (Å²) >= 11 is 0.874. The number of carboxylic acid groups (broad SMARTS) is 1. The molecule has 0 bridgehead atoms. The zero-order valence-corrected chi connectivity index (χ0v) is 8.53. The van der Waals surface area contributed by atoms with E-state index in [1.54, 1.807) is 0 Å². The van der Waals surface area contributed by atoms with Crippen molar-refractivity contribution in [3.63, 3.8) is 0 Å². The minimum absolute atomic E-state index is 0.0587. The summed E-state index contributed by atoms with van der Waals surface area (Å²) in [7, 11) is 0. The zero-order valence-electron chi connectivity index (χ0n) is 7.72. The number of halogens is 1. The first-order valence-corrected chi connectivity index (χ1v) is 4.91. The molecule has 2 aromatic rings. The third kappa shape index (κ3) is 2.01. The Morgan fingerprint density at radius 1 is 1.50 bits per heavy atom. The number of H-pyrrole nitrogens is 1. The first kappa shape index (κ1) is 10.6. The van der Waals surface area contributed by atoms with Gasteiger partial charge in [-0.1, -0.05) is 0 Å². The molecule has 2 N–H and O–H groups in total. The van der Waals surface area contributed by atoms with Crippen molar-refractivity contribution in [2.24, 2.45) is 0 Å². The van der Waals surface area contributed by atoms with Crippen LogP contribution >= 0.6 is 11.8 Å². The first-order valence-electron chi connectivity index (χ1n) is 4.09. The summed E-state index contributed by atoms with van der Waals surface area (Å²) in [5.74, 6) is -2.21. The first-order chi connectivity index (χ1) is 7.68. The van der Waals surface area contributed by atoms with Crippen LogP contribution in [0, 0.1) is 5.82 Å². The van der Waals surface area contributed by atoms with E-state index in [1.807, 2.05) is 0 Å². The summed E-state index contributed by atoms with van der Waals surface area (Å²) in [5, 5.41) is 15.1. The molecule has 0 aliphatic heterocycles. The maximum Gasteiger partial charge on any atom is 0.338 e. The Morgan fingerprint density at radius 2 is 2.31 bits per heavy atom. The van der Waals surface area contributed by atoms with Gasteiger partial charge in [0, 0.05) is 6.20 Å². The molecule has 2 aromatic heterocycles. The fourth-order valence-electron chi connectivity index (χ4n) is 0.996. The third-order valence-electron chi connectivity index (χ3n) is 1.67. The summed E-state index contributed by atoms with van der Waals surface area (Å²) in [6, 6.07) is 1.10. The lowest BCUT2D eigenvalue weighted by molar-refractivity contribution is 0.0691. The van der Waals surface area contributed by atoms with E-state index in [1.165, 1.54) is 12.5 Å². The molecule has 2 rings (SSSR count). The van der Waals surface area contributed by atoms with E-state index in [-0.39, 0.29) is 5.03 Å². The number of nitrogens with one attached hydrogen (secondary N) is 1. The summed E-state index contributed by atoms with van der Waals surface area (Å²) in [6.45, 7) is 0. The summed E-state index contributed by atoms with van der Waals surface area (Å²) < 4.78 is 13.6. The topological polar surface area (TPSA) is 91.8 Å². The van der Waals surface area contributed by atoms with Crippen LogP contribution in [0.3, 0.4) is 0 Å². The van der Waals surface area contributed by atoms with E-state index < -0.39 is 17.3 Å². The lowest BCUT2D eigenvalue weighted by atomic mass is 10.3. The zero-order chi connectivity index (χ0) is 11.5. The summed E-state index contributed by atoms with van der Waals surface area (Å²) in [4.78, 5) is 18.2. The van der Waals surface area contributed by atoms with Crippen LogP contribution < -0.4 is 0 Å². The molecule has 0 spiro atoms. The van der Waals surface area contributed by atoms with Gasteiger partial charge in [0.2, 0.25) is 0 Å². The molecule has 0 saturated carbocycles. The number of hydrogen-bond acceptors (Lipinski definition) is 5. The van der Waals surface area contributed by atoms with Crippen molar-refractivity contribution in [2.75, 3.05) is 0 Å². The Kier molecular flexibility index (Phi) is 2.82. The van der Waals surface area contributed by atoms with Crippen LogP contribution in [0.2, 0.25) is 0 Å². The molecule has 0 fully saturated rings. The molecule has 0 saturated heterocycles. The number of carbonyl (C=O) groups is 1. The van der Waals surface area contributed by atoms with Gasteiger partial charge in [0.15, 0.2) is 11.0 Å². The second-order valence-corrected chi connectivity index (χ2v) is 3.65. The van der Waals surface area contributed by atoms with Gasteiger partial charge >= 0.3 is 5.97 Å². The number of nitrogens with zero attached hydrogens (tertiary/aromatic N) is 3. The van der Waals surface area contributed by atoms with Crippen LogP contribution in [0.15, 0.2) is 28.8 Å². The molecule has 0 amide bonds. The second kappa shape index (κ2) is 4.27. The molecule has 0 aliphatic carbocycles. The van der Waals surface area contributed by atoms with Gasteiger partial charge in [-0.3, -0.25) is 5.10 Å². The highest BCUT2D eigenvalue weighted by Gasteiger charge is 2.16.